The number of aromatic nitrogens is 1. The third-order valence-electron chi connectivity index (χ3n) is 1.44. The molecule has 1 atom stereocenters. The molecule has 0 aromatic carbocycles. The average molecular weight is 310 g/mol. The Kier molecular flexibility index (Phi) is 4.65. The van der Waals surface area contributed by atoms with Gasteiger partial charge in [0.05, 0.1) is 16.5 Å². The van der Waals surface area contributed by atoms with E-state index in [-0.39, 0.29) is 6.54 Å². The van der Waals surface area contributed by atoms with Crippen LogP contribution in [0.3, 0.4) is 0 Å². The molecule has 9 heteroatoms. The number of urea groups is 1. The molecule has 0 radical (unpaired) electrons. The molecule has 1 aromatic heterocycles. The van der Waals surface area contributed by atoms with Crippen LogP contribution in [0, 0.1) is 0 Å². The Balaban J connectivity index is 2.34. The number of halogens is 1. The molecule has 0 bridgehead atoms. The van der Waals surface area contributed by atoms with Crippen molar-refractivity contribution >= 4 is 44.4 Å². The summed E-state index contributed by atoms with van der Waals surface area (Å²) in [6.07, 6.45) is -0.0967. The summed E-state index contributed by atoms with van der Waals surface area (Å²) in [6, 6.07) is -0.623. The van der Waals surface area contributed by atoms with Gasteiger partial charge in [0.1, 0.15) is 0 Å². The minimum atomic E-state index is -1.62. The minimum Gasteiger partial charge on any atom is -0.479 e. The molecule has 0 saturated heterocycles. The van der Waals surface area contributed by atoms with Crippen LogP contribution in [-0.2, 0) is 4.79 Å². The number of rotatable bonds is 4. The van der Waals surface area contributed by atoms with E-state index >= 15 is 0 Å². The number of aliphatic hydroxyl groups is 1. The average Bonchev–Trinajstić information content (AvgIpc) is 2.60. The highest BCUT2D eigenvalue weighted by Gasteiger charge is 2.14. The monoisotopic (exact) mass is 309 g/mol. The largest absolute Gasteiger partial charge is 0.479 e. The van der Waals surface area contributed by atoms with Crippen molar-refractivity contribution in [3.05, 3.63) is 9.98 Å². The third kappa shape index (κ3) is 4.13. The highest BCUT2D eigenvalue weighted by atomic mass is 79.9. The molecular formula is C7H8BrN3O4S. The van der Waals surface area contributed by atoms with E-state index in [1.165, 1.54) is 17.5 Å². The molecule has 0 saturated carbocycles. The van der Waals surface area contributed by atoms with Crippen molar-refractivity contribution in [3.8, 4) is 0 Å². The number of carbonyl (C=O) groups excluding carboxylic acids is 1. The second kappa shape index (κ2) is 5.77. The fraction of sp³-hybridized carbons (Fsp3) is 0.286. The second-order valence-electron chi connectivity index (χ2n) is 2.66. The van der Waals surface area contributed by atoms with Gasteiger partial charge < -0.3 is 15.5 Å². The van der Waals surface area contributed by atoms with Gasteiger partial charge in [0.15, 0.2) is 11.2 Å². The van der Waals surface area contributed by atoms with Gasteiger partial charge in [0.25, 0.3) is 0 Å². The van der Waals surface area contributed by atoms with Crippen LogP contribution in [-0.4, -0.2) is 39.8 Å². The van der Waals surface area contributed by atoms with Gasteiger partial charge in [0.2, 0.25) is 0 Å². The first kappa shape index (κ1) is 12.9. The minimum absolute atomic E-state index is 0.367. The first-order valence-electron chi connectivity index (χ1n) is 4.06. The summed E-state index contributed by atoms with van der Waals surface area (Å²) in [4.78, 5) is 25.2. The number of aliphatic hydroxyl groups excluding tert-OH is 1. The first-order valence-corrected chi connectivity index (χ1v) is 5.67. The van der Waals surface area contributed by atoms with E-state index in [1.807, 2.05) is 0 Å². The van der Waals surface area contributed by atoms with Gasteiger partial charge in [0, 0.05) is 0 Å². The second-order valence-corrected chi connectivity index (χ2v) is 5.07. The van der Waals surface area contributed by atoms with Crippen molar-refractivity contribution < 1.29 is 19.8 Å². The molecule has 88 valence electrons. The number of aliphatic carboxylic acids is 1. The predicted octanol–water partition coefficient (Wildman–Crippen LogP) is 0.473. The molecule has 0 aliphatic rings. The van der Waals surface area contributed by atoms with Crippen molar-refractivity contribution in [3.63, 3.8) is 0 Å². The number of nitrogens with one attached hydrogen (secondary N) is 2. The zero-order chi connectivity index (χ0) is 12.1. The lowest BCUT2D eigenvalue weighted by molar-refractivity contribution is -0.146. The Labute approximate surface area is 103 Å². The molecule has 16 heavy (non-hydrogen) atoms. The summed E-state index contributed by atoms with van der Waals surface area (Å²) in [7, 11) is 0. The number of nitrogens with zero attached hydrogens (tertiary/aromatic N) is 1. The molecule has 0 aliphatic carbocycles. The van der Waals surface area contributed by atoms with Gasteiger partial charge in [-0.2, -0.15) is 0 Å². The van der Waals surface area contributed by atoms with Crippen LogP contribution in [0.4, 0.5) is 9.93 Å². The van der Waals surface area contributed by atoms with Gasteiger partial charge >= 0.3 is 12.0 Å². The number of carboxylic acid groups (broad SMARTS) is 1. The number of amides is 2. The van der Waals surface area contributed by atoms with Crippen molar-refractivity contribution in [2.24, 2.45) is 0 Å². The molecule has 1 aromatic rings. The van der Waals surface area contributed by atoms with E-state index in [9.17, 15) is 9.59 Å². The third-order valence-corrected chi connectivity index (χ3v) is 2.83. The maximum absolute atomic E-state index is 11.2. The quantitative estimate of drug-likeness (QED) is 0.646. The summed E-state index contributed by atoms with van der Waals surface area (Å²) in [6.45, 7) is -0.367. The van der Waals surface area contributed by atoms with E-state index in [0.717, 1.165) is 3.79 Å². The number of thiazole rings is 1. The van der Waals surface area contributed by atoms with Gasteiger partial charge in [-0.25, -0.2) is 14.6 Å². The highest BCUT2D eigenvalue weighted by molar-refractivity contribution is 9.11. The SMILES string of the molecule is O=C(NCC(O)C(=O)O)Nc1ncc(Br)s1. The summed E-state index contributed by atoms with van der Waals surface area (Å²) >= 11 is 4.38. The van der Waals surface area contributed by atoms with Crippen molar-refractivity contribution in [2.75, 3.05) is 11.9 Å². The smallest absolute Gasteiger partial charge is 0.334 e. The van der Waals surface area contributed by atoms with Crippen LogP contribution in [0.1, 0.15) is 0 Å². The van der Waals surface area contributed by atoms with Crippen LogP contribution < -0.4 is 10.6 Å². The Morgan fingerprint density at radius 3 is 2.81 bits per heavy atom. The lowest BCUT2D eigenvalue weighted by Crippen LogP contribution is -2.38. The Hall–Kier alpha value is -1.19. The summed E-state index contributed by atoms with van der Waals surface area (Å²) in [5.41, 5.74) is 0. The maximum Gasteiger partial charge on any atom is 0.334 e. The molecule has 1 unspecified atom stereocenters. The van der Waals surface area contributed by atoms with Gasteiger partial charge in [-0.3, -0.25) is 5.32 Å². The Morgan fingerprint density at radius 1 is 1.62 bits per heavy atom. The topological polar surface area (TPSA) is 112 Å². The van der Waals surface area contributed by atoms with Crippen molar-refractivity contribution in [1.82, 2.24) is 10.3 Å². The molecule has 4 N–H and O–H groups in total. The molecule has 0 aliphatic heterocycles. The van der Waals surface area contributed by atoms with E-state index in [2.05, 4.69) is 31.5 Å². The predicted molar refractivity (Wildman–Crippen MR) is 60.5 cm³/mol. The summed E-state index contributed by atoms with van der Waals surface area (Å²) in [5.74, 6) is -1.39. The van der Waals surface area contributed by atoms with E-state index in [0.29, 0.717) is 5.13 Å². The van der Waals surface area contributed by atoms with Crippen molar-refractivity contribution in [2.45, 2.75) is 6.10 Å². The summed E-state index contributed by atoms with van der Waals surface area (Å²) in [5, 5.41) is 22.2. The first-order chi connectivity index (χ1) is 7.49. The molecule has 0 spiro atoms. The zero-order valence-corrected chi connectivity index (χ0v) is 10.2. The summed E-state index contributed by atoms with van der Waals surface area (Å²) < 4.78 is 0.758. The Bertz CT molecular complexity index is 397. The molecular weight excluding hydrogens is 302 g/mol. The highest BCUT2D eigenvalue weighted by Crippen LogP contribution is 2.22. The zero-order valence-electron chi connectivity index (χ0n) is 7.81. The van der Waals surface area contributed by atoms with Gasteiger partial charge in [-0.1, -0.05) is 11.3 Å². The van der Waals surface area contributed by atoms with Crippen LogP contribution in [0.25, 0.3) is 0 Å². The number of hydrogen-bond acceptors (Lipinski definition) is 5. The number of anilines is 1. The van der Waals surface area contributed by atoms with Crippen LogP contribution in [0.5, 0.6) is 0 Å². The lowest BCUT2D eigenvalue weighted by Gasteiger charge is -2.07. The molecule has 1 rings (SSSR count). The van der Waals surface area contributed by atoms with Crippen LogP contribution >= 0.6 is 27.3 Å². The van der Waals surface area contributed by atoms with Gasteiger partial charge in [-0.05, 0) is 15.9 Å². The fourth-order valence-electron chi connectivity index (χ4n) is 0.730. The molecule has 0 fully saturated rings. The number of carboxylic acids is 1. The Morgan fingerprint density at radius 2 is 2.31 bits per heavy atom. The van der Waals surface area contributed by atoms with E-state index in [1.54, 1.807) is 0 Å². The van der Waals surface area contributed by atoms with Crippen LogP contribution in [0.15, 0.2) is 9.98 Å². The van der Waals surface area contributed by atoms with Gasteiger partial charge in [-0.15, -0.1) is 0 Å². The normalized spacial score (nSPS) is 11.9. The molecule has 7 nitrogen and oxygen atoms in total. The van der Waals surface area contributed by atoms with E-state index in [4.69, 9.17) is 10.2 Å². The number of hydrogen-bond donors (Lipinski definition) is 4. The van der Waals surface area contributed by atoms with Crippen LogP contribution in [0.2, 0.25) is 0 Å². The molecule has 1 heterocycles. The standard InChI is InChI=1S/C7H8BrN3O4S/c8-4-2-10-7(16-4)11-6(15)9-1-3(12)5(13)14/h2-3,12H,1H2,(H,13,14)(H2,9,10,11,15). The fourth-order valence-corrected chi connectivity index (χ4v) is 1.83. The van der Waals surface area contributed by atoms with Crippen molar-refractivity contribution in [1.29, 1.82) is 0 Å². The number of carbonyl (C=O) groups is 2. The molecule has 2 amide bonds. The maximum atomic E-state index is 11.2. The lowest BCUT2D eigenvalue weighted by atomic mass is 10.4. The van der Waals surface area contributed by atoms with E-state index < -0.39 is 18.1 Å².